The molecule has 0 aliphatic carbocycles. The highest BCUT2D eigenvalue weighted by molar-refractivity contribution is 5.86. The lowest BCUT2D eigenvalue weighted by molar-refractivity contribution is -0.384. The Bertz CT molecular complexity index is 624. The molecule has 1 aromatic heterocycles. The maximum atomic E-state index is 11.6. The third-order valence-electron chi connectivity index (χ3n) is 2.55. The molecule has 0 atom stereocenters. The van der Waals surface area contributed by atoms with Gasteiger partial charge in [-0.3, -0.25) is 15.4 Å². The van der Waals surface area contributed by atoms with Crippen LogP contribution >= 0.6 is 0 Å². The summed E-state index contributed by atoms with van der Waals surface area (Å²) in [6, 6.07) is 9.10. The van der Waals surface area contributed by atoms with Gasteiger partial charge in [-0.15, -0.1) is 0 Å². The van der Waals surface area contributed by atoms with Gasteiger partial charge in [-0.25, -0.2) is 9.48 Å². The van der Waals surface area contributed by atoms with Crippen LogP contribution in [0.15, 0.2) is 36.5 Å². The monoisotopic (exact) mass is 276 g/mol. The highest BCUT2D eigenvalue weighted by Gasteiger charge is 2.21. The van der Waals surface area contributed by atoms with Crippen LogP contribution < -0.4 is 5.32 Å². The second-order valence-corrected chi connectivity index (χ2v) is 3.95. The summed E-state index contributed by atoms with van der Waals surface area (Å²) >= 11 is 0. The molecule has 2 rings (SSSR count). The van der Waals surface area contributed by atoms with Crippen LogP contribution in [0.2, 0.25) is 0 Å². The number of carbonyl (C=O) groups excluding carboxylic acids is 1. The number of hydrogen-bond acceptors (Lipinski definition) is 5. The largest absolute Gasteiger partial charge is 0.444 e. The minimum absolute atomic E-state index is 0.0203. The van der Waals surface area contributed by atoms with E-state index in [1.54, 1.807) is 12.1 Å². The summed E-state index contributed by atoms with van der Waals surface area (Å²) in [6.07, 6.45) is 0.285. The van der Waals surface area contributed by atoms with Crippen molar-refractivity contribution >= 4 is 17.6 Å². The molecule has 0 spiro atoms. The third kappa shape index (κ3) is 3.10. The summed E-state index contributed by atoms with van der Waals surface area (Å²) in [5.74, 6) is -0.0203. The molecule has 0 saturated carbocycles. The number of nitrogens with one attached hydrogen (secondary N) is 1. The maximum absolute atomic E-state index is 11.6. The van der Waals surface area contributed by atoms with Gasteiger partial charge in [0, 0.05) is 7.05 Å². The number of amides is 1. The van der Waals surface area contributed by atoms with Crippen molar-refractivity contribution in [1.29, 1.82) is 0 Å². The van der Waals surface area contributed by atoms with Crippen LogP contribution in [0.3, 0.4) is 0 Å². The lowest BCUT2D eigenvalue weighted by Gasteiger charge is -2.06. The molecule has 1 amide bonds. The van der Waals surface area contributed by atoms with Crippen molar-refractivity contribution in [3.63, 3.8) is 0 Å². The zero-order chi connectivity index (χ0) is 14.5. The Morgan fingerprint density at radius 3 is 2.80 bits per heavy atom. The predicted octanol–water partition coefficient (Wildman–Crippen LogP) is 2.08. The van der Waals surface area contributed by atoms with Gasteiger partial charge in [0.25, 0.3) is 0 Å². The van der Waals surface area contributed by atoms with E-state index < -0.39 is 11.0 Å². The predicted molar refractivity (Wildman–Crippen MR) is 70.1 cm³/mol. The molecule has 8 heteroatoms. The summed E-state index contributed by atoms with van der Waals surface area (Å²) < 4.78 is 6.17. The fourth-order valence-electron chi connectivity index (χ4n) is 1.56. The zero-order valence-corrected chi connectivity index (χ0v) is 10.6. The Labute approximate surface area is 114 Å². The van der Waals surface area contributed by atoms with E-state index in [0.29, 0.717) is 0 Å². The number of rotatable bonds is 4. The summed E-state index contributed by atoms with van der Waals surface area (Å²) in [6.45, 7) is 0.0817. The molecular weight excluding hydrogens is 264 g/mol. The lowest BCUT2D eigenvalue weighted by Crippen LogP contribution is -2.16. The number of nitrogens with zero attached hydrogens (tertiary/aromatic N) is 3. The number of benzene rings is 1. The molecule has 104 valence electrons. The molecule has 20 heavy (non-hydrogen) atoms. The molecule has 0 aliphatic rings. The summed E-state index contributed by atoms with van der Waals surface area (Å²) in [5.41, 5.74) is 0.534. The SMILES string of the molecule is Cn1ncc([N+](=O)[O-])c1NC(=O)OCc1ccccc1. The molecule has 1 N–H and O–H groups in total. The number of ether oxygens (including phenoxy) is 1. The van der Waals surface area contributed by atoms with Crippen LogP contribution in [0, 0.1) is 10.1 Å². The van der Waals surface area contributed by atoms with Crippen LogP contribution in [0.5, 0.6) is 0 Å². The van der Waals surface area contributed by atoms with E-state index in [2.05, 4.69) is 10.4 Å². The highest BCUT2D eigenvalue weighted by Crippen LogP contribution is 2.22. The van der Waals surface area contributed by atoms with Gasteiger partial charge in [0.05, 0.1) is 4.92 Å². The van der Waals surface area contributed by atoms with E-state index >= 15 is 0 Å². The minimum Gasteiger partial charge on any atom is -0.444 e. The highest BCUT2D eigenvalue weighted by atomic mass is 16.6. The Morgan fingerprint density at radius 1 is 1.45 bits per heavy atom. The van der Waals surface area contributed by atoms with Crippen molar-refractivity contribution in [1.82, 2.24) is 9.78 Å². The van der Waals surface area contributed by atoms with Crippen molar-refractivity contribution < 1.29 is 14.5 Å². The fraction of sp³-hybridized carbons (Fsp3) is 0.167. The van der Waals surface area contributed by atoms with E-state index in [1.807, 2.05) is 18.2 Å². The van der Waals surface area contributed by atoms with Crippen LogP contribution in [0.25, 0.3) is 0 Å². The van der Waals surface area contributed by atoms with Crippen LogP contribution in [0.1, 0.15) is 5.56 Å². The molecule has 8 nitrogen and oxygen atoms in total. The lowest BCUT2D eigenvalue weighted by atomic mass is 10.2. The van der Waals surface area contributed by atoms with Gasteiger partial charge in [-0.1, -0.05) is 30.3 Å². The van der Waals surface area contributed by atoms with E-state index in [0.717, 1.165) is 11.8 Å². The summed E-state index contributed by atoms with van der Waals surface area (Å²) in [7, 11) is 1.49. The first-order valence-electron chi connectivity index (χ1n) is 5.72. The topological polar surface area (TPSA) is 99.3 Å². The fourth-order valence-corrected chi connectivity index (χ4v) is 1.56. The van der Waals surface area contributed by atoms with Crippen molar-refractivity contribution in [2.75, 3.05) is 5.32 Å². The van der Waals surface area contributed by atoms with Crippen molar-refractivity contribution in [3.05, 3.63) is 52.2 Å². The van der Waals surface area contributed by atoms with E-state index in [9.17, 15) is 14.9 Å². The number of carbonyl (C=O) groups is 1. The molecule has 0 bridgehead atoms. The first-order valence-corrected chi connectivity index (χ1v) is 5.72. The average Bonchev–Trinajstić information content (AvgIpc) is 2.79. The molecule has 2 aromatic rings. The molecule has 1 aromatic carbocycles. The Balaban J connectivity index is 1.98. The third-order valence-corrected chi connectivity index (χ3v) is 2.55. The van der Waals surface area contributed by atoms with Crippen molar-refractivity contribution in [3.8, 4) is 0 Å². The van der Waals surface area contributed by atoms with Crippen LogP contribution in [0.4, 0.5) is 16.3 Å². The minimum atomic E-state index is -0.777. The van der Waals surface area contributed by atoms with Crippen molar-refractivity contribution in [2.24, 2.45) is 7.05 Å². The first kappa shape index (κ1) is 13.5. The van der Waals surface area contributed by atoms with Gasteiger partial charge >= 0.3 is 11.8 Å². The standard InChI is InChI=1S/C12H12N4O4/c1-15-11(10(7-13-15)16(18)19)14-12(17)20-8-9-5-3-2-4-6-9/h2-7H,8H2,1H3,(H,14,17). The van der Waals surface area contributed by atoms with Gasteiger partial charge in [0.15, 0.2) is 0 Å². The molecule has 0 saturated heterocycles. The van der Waals surface area contributed by atoms with E-state index in [-0.39, 0.29) is 18.1 Å². The summed E-state index contributed by atoms with van der Waals surface area (Å²) in [5, 5.41) is 16.8. The molecule has 0 aliphatic heterocycles. The number of aryl methyl sites for hydroxylation is 1. The van der Waals surface area contributed by atoms with Gasteiger partial charge in [0.2, 0.25) is 5.82 Å². The van der Waals surface area contributed by atoms with E-state index in [4.69, 9.17) is 4.74 Å². The van der Waals surface area contributed by atoms with Gasteiger partial charge in [-0.05, 0) is 5.56 Å². The Kier molecular flexibility index (Phi) is 3.94. The summed E-state index contributed by atoms with van der Waals surface area (Å²) in [4.78, 5) is 21.7. The molecule has 0 fully saturated rings. The Morgan fingerprint density at radius 2 is 2.15 bits per heavy atom. The number of anilines is 1. The van der Waals surface area contributed by atoms with Gasteiger partial charge in [0.1, 0.15) is 12.8 Å². The normalized spacial score (nSPS) is 10.1. The zero-order valence-electron chi connectivity index (χ0n) is 10.6. The second kappa shape index (κ2) is 5.83. The smallest absolute Gasteiger partial charge is 0.413 e. The number of nitro groups is 1. The molecule has 0 radical (unpaired) electrons. The van der Waals surface area contributed by atoms with E-state index in [1.165, 1.54) is 11.7 Å². The molecule has 1 heterocycles. The van der Waals surface area contributed by atoms with Gasteiger partial charge in [-0.2, -0.15) is 5.10 Å². The number of hydrogen-bond donors (Lipinski definition) is 1. The van der Waals surface area contributed by atoms with Crippen LogP contribution in [-0.2, 0) is 18.4 Å². The second-order valence-electron chi connectivity index (χ2n) is 3.95. The number of aromatic nitrogens is 2. The quantitative estimate of drug-likeness (QED) is 0.680. The Hall–Kier alpha value is -2.90. The van der Waals surface area contributed by atoms with Gasteiger partial charge < -0.3 is 4.74 Å². The first-order chi connectivity index (χ1) is 9.58. The van der Waals surface area contributed by atoms with Crippen LogP contribution in [-0.4, -0.2) is 20.8 Å². The molecule has 0 unspecified atom stereocenters. The average molecular weight is 276 g/mol. The van der Waals surface area contributed by atoms with Crippen molar-refractivity contribution in [2.45, 2.75) is 6.61 Å². The maximum Gasteiger partial charge on any atom is 0.413 e. The molecular formula is C12H12N4O4.